The van der Waals surface area contributed by atoms with Gasteiger partial charge >= 0.3 is 0 Å². The Labute approximate surface area is 118 Å². The fraction of sp³-hybridized carbons (Fsp3) is 0.533. The van der Waals surface area contributed by atoms with Gasteiger partial charge in [-0.15, -0.1) is 0 Å². The minimum Gasteiger partial charge on any atom is -0.336 e. The second-order valence-electron chi connectivity index (χ2n) is 5.50. The van der Waals surface area contributed by atoms with E-state index < -0.39 is 0 Å². The van der Waals surface area contributed by atoms with Crippen molar-refractivity contribution in [2.75, 3.05) is 19.6 Å². The van der Waals surface area contributed by atoms with Crippen LogP contribution in [0, 0.1) is 5.92 Å². The molecule has 0 spiro atoms. The summed E-state index contributed by atoms with van der Waals surface area (Å²) in [5.41, 5.74) is 1.10. The first-order valence-electron chi connectivity index (χ1n) is 7.00. The minimum absolute atomic E-state index is 0.175. The number of halogens is 1. The van der Waals surface area contributed by atoms with Crippen molar-refractivity contribution in [3.63, 3.8) is 0 Å². The van der Waals surface area contributed by atoms with Crippen molar-refractivity contribution < 1.29 is 4.79 Å². The summed E-state index contributed by atoms with van der Waals surface area (Å²) >= 11 is 6.27. The van der Waals surface area contributed by atoms with Gasteiger partial charge in [0.25, 0.3) is 0 Å². The molecule has 0 bridgehead atoms. The molecule has 2 heterocycles. The number of nitrogens with one attached hydrogen (secondary N) is 1. The Hall–Kier alpha value is -1.06. The smallest absolute Gasteiger partial charge is 0.223 e. The number of likely N-dealkylation sites (tertiary alicyclic amines) is 1. The van der Waals surface area contributed by atoms with E-state index in [2.05, 4.69) is 5.32 Å². The fourth-order valence-corrected chi connectivity index (χ4v) is 3.25. The molecular weight excluding hydrogens is 260 g/mol. The highest BCUT2D eigenvalue weighted by atomic mass is 35.5. The van der Waals surface area contributed by atoms with E-state index in [4.69, 9.17) is 11.6 Å². The molecule has 0 aliphatic carbocycles. The largest absolute Gasteiger partial charge is 0.336 e. The Kier molecular flexibility index (Phi) is 3.76. The highest BCUT2D eigenvalue weighted by Gasteiger charge is 2.32. The maximum atomic E-state index is 12.4. The zero-order chi connectivity index (χ0) is 13.2. The molecule has 2 aliphatic heterocycles. The van der Waals surface area contributed by atoms with Gasteiger partial charge in [-0.2, -0.15) is 0 Å². The minimum atomic E-state index is 0.175. The number of hydrogen-bond acceptors (Lipinski definition) is 2. The third-order valence-electron chi connectivity index (χ3n) is 4.17. The van der Waals surface area contributed by atoms with Gasteiger partial charge in [-0.3, -0.25) is 4.79 Å². The fourth-order valence-electron chi connectivity index (χ4n) is 2.99. The van der Waals surface area contributed by atoms with E-state index in [-0.39, 0.29) is 11.9 Å². The van der Waals surface area contributed by atoms with Gasteiger partial charge in [-0.1, -0.05) is 29.8 Å². The van der Waals surface area contributed by atoms with E-state index in [0.717, 1.165) is 43.1 Å². The van der Waals surface area contributed by atoms with Crippen molar-refractivity contribution in [3.05, 3.63) is 34.9 Å². The van der Waals surface area contributed by atoms with Crippen LogP contribution < -0.4 is 5.32 Å². The SMILES string of the molecule is O=C(CC1CNC1)N1CCCC1c1ccccc1Cl. The average molecular weight is 279 g/mol. The summed E-state index contributed by atoms with van der Waals surface area (Å²) in [6.45, 7) is 2.83. The molecule has 1 atom stereocenters. The highest BCUT2D eigenvalue weighted by molar-refractivity contribution is 6.31. The summed E-state index contributed by atoms with van der Waals surface area (Å²) in [6, 6.07) is 8.07. The van der Waals surface area contributed by atoms with Gasteiger partial charge in [0, 0.05) is 18.0 Å². The van der Waals surface area contributed by atoms with E-state index in [1.807, 2.05) is 29.2 Å². The number of hydrogen-bond donors (Lipinski definition) is 1. The van der Waals surface area contributed by atoms with Crippen LogP contribution >= 0.6 is 11.6 Å². The number of carbonyl (C=O) groups excluding carboxylic acids is 1. The van der Waals surface area contributed by atoms with Crippen LogP contribution in [0.5, 0.6) is 0 Å². The molecule has 2 fully saturated rings. The first-order chi connectivity index (χ1) is 9.25. The lowest BCUT2D eigenvalue weighted by Gasteiger charge is -2.31. The Balaban J connectivity index is 1.73. The van der Waals surface area contributed by atoms with Gasteiger partial charge in [-0.05, 0) is 43.5 Å². The second-order valence-corrected chi connectivity index (χ2v) is 5.90. The molecule has 102 valence electrons. The predicted octanol–water partition coefficient (Wildman–Crippen LogP) is 2.61. The molecule has 1 amide bonds. The lowest BCUT2D eigenvalue weighted by Crippen LogP contribution is -2.45. The molecule has 1 aromatic carbocycles. The van der Waals surface area contributed by atoms with E-state index >= 15 is 0 Å². The van der Waals surface area contributed by atoms with Crippen molar-refractivity contribution in [1.82, 2.24) is 10.2 Å². The standard InChI is InChI=1S/C15H19ClN2O/c16-13-5-2-1-4-12(13)14-6-3-7-18(14)15(19)8-11-9-17-10-11/h1-2,4-5,11,14,17H,3,6-10H2. The Morgan fingerprint density at radius 1 is 1.37 bits per heavy atom. The van der Waals surface area contributed by atoms with E-state index in [0.29, 0.717) is 12.3 Å². The molecule has 0 aromatic heterocycles. The van der Waals surface area contributed by atoms with Crippen molar-refractivity contribution in [2.24, 2.45) is 5.92 Å². The van der Waals surface area contributed by atoms with Crippen LogP contribution in [0.3, 0.4) is 0 Å². The van der Waals surface area contributed by atoms with E-state index in [1.54, 1.807) is 0 Å². The maximum Gasteiger partial charge on any atom is 0.223 e. The lowest BCUT2D eigenvalue weighted by molar-refractivity contribution is -0.133. The third-order valence-corrected chi connectivity index (χ3v) is 4.51. The summed E-state index contributed by atoms with van der Waals surface area (Å²) in [6.07, 6.45) is 2.77. The highest BCUT2D eigenvalue weighted by Crippen LogP contribution is 2.36. The van der Waals surface area contributed by atoms with Gasteiger partial charge in [0.05, 0.1) is 6.04 Å². The molecule has 3 nitrogen and oxygen atoms in total. The van der Waals surface area contributed by atoms with Crippen molar-refractivity contribution in [3.8, 4) is 0 Å². The molecule has 1 unspecified atom stereocenters. The topological polar surface area (TPSA) is 32.3 Å². The van der Waals surface area contributed by atoms with Crippen LogP contribution in [0.25, 0.3) is 0 Å². The molecular formula is C15H19ClN2O. The quantitative estimate of drug-likeness (QED) is 0.922. The van der Waals surface area contributed by atoms with Crippen molar-refractivity contribution in [2.45, 2.75) is 25.3 Å². The predicted molar refractivity (Wildman–Crippen MR) is 76.1 cm³/mol. The van der Waals surface area contributed by atoms with Gasteiger partial charge in [0.2, 0.25) is 5.91 Å². The molecule has 19 heavy (non-hydrogen) atoms. The molecule has 4 heteroatoms. The normalized spacial score (nSPS) is 23.4. The number of nitrogens with zero attached hydrogens (tertiary/aromatic N) is 1. The van der Waals surface area contributed by atoms with Crippen LogP contribution in [-0.4, -0.2) is 30.4 Å². The molecule has 2 aliphatic rings. The Morgan fingerprint density at radius 2 is 2.16 bits per heavy atom. The van der Waals surface area contributed by atoms with Gasteiger partial charge < -0.3 is 10.2 Å². The first-order valence-corrected chi connectivity index (χ1v) is 7.38. The molecule has 0 saturated carbocycles. The van der Waals surface area contributed by atoms with Crippen LogP contribution in [-0.2, 0) is 4.79 Å². The monoisotopic (exact) mass is 278 g/mol. The number of amides is 1. The summed E-state index contributed by atoms with van der Waals surface area (Å²) in [5.74, 6) is 0.814. The lowest BCUT2D eigenvalue weighted by atomic mass is 9.98. The van der Waals surface area contributed by atoms with E-state index in [1.165, 1.54) is 0 Å². The third kappa shape index (κ3) is 2.63. The van der Waals surface area contributed by atoms with Crippen LogP contribution in [0.4, 0.5) is 0 Å². The van der Waals surface area contributed by atoms with Gasteiger partial charge in [0.1, 0.15) is 0 Å². The van der Waals surface area contributed by atoms with E-state index in [9.17, 15) is 4.79 Å². The summed E-state index contributed by atoms with van der Waals surface area (Å²) < 4.78 is 0. The average Bonchev–Trinajstić information content (AvgIpc) is 2.83. The Bertz CT molecular complexity index is 473. The second kappa shape index (κ2) is 5.51. The van der Waals surface area contributed by atoms with Crippen LogP contribution in [0.15, 0.2) is 24.3 Å². The molecule has 2 saturated heterocycles. The summed E-state index contributed by atoms with van der Waals surface area (Å²) in [7, 11) is 0. The van der Waals surface area contributed by atoms with Crippen LogP contribution in [0.1, 0.15) is 30.9 Å². The number of rotatable bonds is 3. The van der Waals surface area contributed by atoms with Crippen molar-refractivity contribution >= 4 is 17.5 Å². The first kappa shape index (κ1) is 12.9. The zero-order valence-corrected chi connectivity index (χ0v) is 11.7. The zero-order valence-electron chi connectivity index (χ0n) is 10.9. The molecule has 1 N–H and O–H groups in total. The summed E-state index contributed by atoms with van der Waals surface area (Å²) in [4.78, 5) is 14.4. The van der Waals surface area contributed by atoms with Crippen LogP contribution in [0.2, 0.25) is 5.02 Å². The van der Waals surface area contributed by atoms with Gasteiger partial charge in [-0.25, -0.2) is 0 Å². The van der Waals surface area contributed by atoms with Gasteiger partial charge in [0.15, 0.2) is 0 Å². The number of benzene rings is 1. The number of carbonyl (C=O) groups is 1. The molecule has 1 aromatic rings. The molecule has 0 radical (unpaired) electrons. The van der Waals surface area contributed by atoms with Crippen molar-refractivity contribution in [1.29, 1.82) is 0 Å². The Morgan fingerprint density at radius 3 is 2.84 bits per heavy atom. The summed E-state index contributed by atoms with van der Waals surface area (Å²) in [5, 5.41) is 3.99. The maximum absolute atomic E-state index is 12.4. The molecule has 3 rings (SSSR count).